The Labute approximate surface area is 137 Å². The summed E-state index contributed by atoms with van der Waals surface area (Å²) in [6.07, 6.45) is 2.37. The Morgan fingerprint density at radius 1 is 1.13 bits per heavy atom. The van der Waals surface area contributed by atoms with Crippen LogP contribution in [0.25, 0.3) is 0 Å². The molecule has 3 nitrogen and oxygen atoms in total. The fraction of sp³-hybridized carbons (Fsp3) is 0.350. The minimum Gasteiger partial charge on any atom is -0.507 e. The predicted molar refractivity (Wildman–Crippen MR) is 93.2 cm³/mol. The Morgan fingerprint density at radius 3 is 2.57 bits per heavy atom. The van der Waals surface area contributed by atoms with Gasteiger partial charge in [0.1, 0.15) is 5.75 Å². The van der Waals surface area contributed by atoms with Crippen LogP contribution in [0.3, 0.4) is 0 Å². The second-order valence-corrected chi connectivity index (χ2v) is 7.09. The zero-order valence-electron chi connectivity index (χ0n) is 13.7. The summed E-state index contributed by atoms with van der Waals surface area (Å²) < 4.78 is 0. The van der Waals surface area contributed by atoms with E-state index in [9.17, 15) is 9.90 Å². The van der Waals surface area contributed by atoms with Gasteiger partial charge in [-0.05, 0) is 36.5 Å². The molecule has 0 aromatic heterocycles. The zero-order chi connectivity index (χ0) is 16.4. The molecule has 0 saturated carbocycles. The summed E-state index contributed by atoms with van der Waals surface area (Å²) in [6, 6.07) is 14.5. The van der Waals surface area contributed by atoms with Gasteiger partial charge < -0.3 is 10.0 Å². The zero-order valence-corrected chi connectivity index (χ0v) is 13.7. The van der Waals surface area contributed by atoms with Gasteiger partial charge in [0.2, 0.25) is 0 Å². The third-order valence-electron chi connectivity index (χ3n) is 4.53. The number of phenolic OH excluding ortho intramolecular Hbond substituents is 1. The predicted octanol–water partition coefficient (Wildman–Crippen LogP) is 4.25. The van der Waals surface area contributed by atoms with Crippen LogP contribution in [0.1, 0.15) is 42.6 Å². The van der Waals surface area contributed by atoms with E-state index in [2.05, 4.69) is 18.7 Å². The second-order valence-electron chi connectivity index (χ2n) is 7.09. The molecular formula is C20H23NO2. The standard InChI is InChI=1S/C20H23NO2/c1-20(2)11-6-12-21(14-20)16-9-10-18(22)17(13-16)19(23)15-7-4-3-5-8-15/h3-5,7-10,13,22H,6,11-12,14H2,1-2H3. The summed E-state index contributed by atoms with van der Waals surface area (Å²) >= 11 is 0. The van der Waals surface area contributed by atoms with Crippen LogP contribution in [0.15, 0.2) is 48.5 Å². The molecule has 0 amide bonds. The highest BCUT2D eigenvalue weighted by atomic mass is 16.3. The highest BCUT2D eigenvalue weighted by Gasteiger charge is 2.27. The van der Waals surface area contributed by atoms with Crippen LogP contribution < -0.4 is 4.90 Å². The van der Waals surface area contributed by atoms with E-state index < -0.39 is 0 Å². The van der Waals surface area contributed by atoms with Gasteiger partial charge in [-0.2, -0.15) is 0 Å². The maximum atomic E-state index is 12.7. The van der Waals surface area contributed by atoms with Crippen molar-refractivity contribution in [3.8, 4) is 5.75 Å². The second kappa shape index (κ2) is 6.07. The number of aromatic hydroxyl groups is 1. The molecule has 0 radical (unpaired) electrons. The van der Waals surface area contributed by atoms with E-state index in [0.717, 1.165) is 25.2 Å². The van der Waals surface area contributed by atoms with Crippen molar-refractivity contribution in [1.29, 1.82) is 0 Å². The molecule has 120 valence electrons. The van der Waals surface area contributed by atoms with E-state index in [1.165, 1.54) is 6.42 Å². The number of carbonyl (C=O) groups is 1. The first-order valence-electron chi connectivity index (χ1n) is 8.14. The van der Waals surface area contributed by atoms with Crippen molar-refractivity contribution < 1.29 is 9.90 Å². The third-order valence-corrected chi connectivity index (χ3v) is 4.53. The van der Waals surface area contributed by atoms with Crippen LogP contribution in [-0.2, 0) is 0 Å². The lowest BCUT2D eigenvalue weighted by Gasteiger charge is -2.39. The van der Waals surface area contributed by atoms with Gasteiger partial charge in [0.15, 0.2) is 5.78 Å². The third kappa shape index (κ3) is 3.39. The first kappa shape index (κ1) is 15.6. The molecule has 1 fully saturated rings. The maximum absolute atomic E-state index is 12.7. The van der Waals surface area contributed by atoms with E-state index in [1.807, 2.05) is 30.3 Å². The highest BCUT2D eigenvalue weighted by molar-refractivity contribution is 6.11. The SMILES string of the molecule is CC1(C)CCCN(c2ccc(O)c(C(=O)c3ccccc3)c2)C1. The van der Waals surface area contributed by atoms with Crippen molar-refractivity contribution in [3.05, 3.63) is 59.7 Å². The highest BCUT2D eigenvalue weighted by Crippen LogP contribution is 2.33. The molecule has 0 bridgehead atoms. The Bertz CT molecular complexity index is 707. The lowest BCUT2D eigenvalue weighted by molar-refractivity contribution is 0.103. The summed E-state index contributed by atoms with van der Waals surface area (Å²) in [5.41, 5.74) is 2.26. The van der Waals surface area contributed by atoms with E-state index in [4.69, 9.17) is 0 Å². The molecule has 3 rings (SSSR count). The number of anilines is 1. The molecule has 3 heteroatoms. The molecule has 1 aliphatic rings. The molecule has 0 aliphatic carbocycles. The molecule has 2 aromatic rings. The Balaban J connectivity index is 1.92. The van der Waals surface area contributed by atoms with Crippen molar-refractivity contribution in [2.75, 3.05) is 18.0 Å². The molecule has 0 spiro atoms. The fourth-order valence-corrected chi connectivity index (χ4v) is 3.29. The van der Waals surface area contributed by atoms with E-state index in [1.54, 1.807) is 18.2 Å². The lowest BCUT2D eigenvalue weighted by Crippen LogP contribution is -2.40. The smallest absolute Gasteiger partial charge is 0.196 e. The number of hydrogen-bond donors (Lipinski definition) is 1. The molecule has 0 unspecified atom stereocenters. The van der Waals surface area contributed by atoms with Gasteiger partial charge in [-0.15, -0.1) is 0 Å². The average Bonchev–Trinajstić information content (AvgIpc) is 2.54. The van der Waals surface area contributed by atoms with Crippen molar-refractivity contribution in [2.45, 2.75) is 26.7 Å². The lowest BCUT2D eigenvalue weighted by atomic mass is 9.84. The number of rotatable bonds is 3. The van der Waals surface area contributed by atoms with E-state index in [-0.39, 0.29) is 16.9 Å². The first-order chi connectivity index (χ1) is 11.0. The molecule has 2 aromatic carbocycles. The van der Waals surface area contributed by atoms with Gasteiger partial charge in [-0.3, -0.25) is 4.79 Å². The molecular weight excluding hydrogens is 286 g/mol. The Hall–Kier alpha value is -2.29. The average molecular weight is 309 g/mol. The van der Waals surface area contributed by atoms with Gasteiger partial charge in [-0.1, -0.05) is 44.2 Å². The number of hydrogen-bond acceptors (Lipinski definition) is 3. The van der Waals surface area contributed by atoms with Crippen LogP contribution in [0.5, 0.6) is 5.75 Å². The molecule has 0 atom stereocenters. The van der Waals surface area contributed by atoms with Crippen molar-refractivity contribution in [1.82, 2.24) is 0 Å². The van der Waals surface area contributed by atoms with Crippen LogP contribution in [0.2, 0.25) is 0 Å². The van der Waals surface area contributed by atoms with E-state index >= 15 is 0 Å². The van der Waals surface area contributed by atoms with Crippen molar-refractivity contribution in [2.24, 2.45) is 5.41 Å². The quantitative estimate of drug-likeness (QED) is 0.862. The number of ketones is 1. The summed E-state index contributed by atoms with van der Waals surface area (Å²) in [7, 11) is 0. The van der Waals surface area contributed by atoms with Gasteiger partial charge in [0, 0.05) is 24.3 Å². The van der Waals surface area contributed by atoms with Gasteiger partial charge >= 0.3 is 0 Å². The Kier molecular flexibility index (Phi) is 4.12. The summed E-state index contributed by atoms with van der Waals surface area (Å²) in [6.45, 7) is 6.51. The number of benzene rings is 2. The number of nitrogens with zero attached hydrogens (tertiary/aromatic N) is 1. The summed E-state index contributed by atoms with van der Waals surface area (Å²) in [4.78, 5) is 15.0. The van der Waals surface area contributed by atoms with Crippen LogP contribution >= 0.6 is 0 Å². The number of piperidine rings is 1. The molecule has 23 heavy (non-hydrogen) atoms. The van der Waals surface area contributed by atoms with Crippen molar-refractivity contribution >= 4 is 11.5 Å². The first-order valence-corrected chi connectivity index (χ1v) is 8.14. The maximum Gasteiger partial charge on any atom is 0.196 e. The monoisotopic (exact) mass is 309 g/mol. The molecule has 1 aliphatic heterocycles. The summed E-state index contributed by atoms with van der Waals surface area (Å²) in [5, 5.41) is 10.1. The largest absolute Gasteiger partial charge is 0.507 e. The Morgan fingerprint density at radius 2 is 1.87 bits per heavy atom. The minimum absolute atomic E-state index is 0.0406. The summed E-state index contributed by atoms with van der Waals surface area (Å²) in [5.74, 6) is -0.0971. The van der Waals surface area contributed by atoms with Crippen molar-refractivity contribution in [3.63, 3.8) is 0 Å². The topological polar surface area (TPSA) is 40.5 Å². The molecule has 1 heterocycles. The number of carbonyl (C=O) groups excluding carboxylic acids is 1. The normalized spacial score (nSPS) is 17.0. The van der Waals surface area contributed by atoms with Gasteiger partial charge in [0.05, 0.1) is 5.56 Å². The van der Waals surface area contributed by atoms with Crippen LogP contribution in [-0.4, -0.2) is 24.0 Å². The van der Waals surface area contributed by atoms with E-state index in [0.29, 0.717) is 11.1 Å². The van der Waals surface area contributed by atoms with Gasteiger partial charge in [0.25, 0.3) is 0 Å². The number of phenols is 1. The van der Waals surface area contributed by atoms with Crippen LogP contribution in [0.4, 0.5) is 5.69 Å². The molecule has 1 saturated heterocycles. The minimum atomic E-state index is -0.138. The van der Waals surface area contributed by atoms with Crippen LogP contribution in [0, 0.1) is 5.41 Å². The molecule has 1 N–H and O–H groups in total. The fourth-order valence-electron chi connectivity index (χ4n) is 3.29. The van der Waals surface area contributed by atoms with Gasteiger partial charge in [-0.25, -0.2) is 0 Å².